The summed E-state index contributed by atoms with van der Waals surface area (Å²) >= 11 is 7.12. The van der Waals surface area contributed by atoms with E-state index >= 15 is 0 Å². The molecule has 1 aromatic heterocycles. The van der Waals surface area contributed by atoms with Crippen molar-refractivity contribution in [1.29, 1.82) is 5.26 Å². The van der Waals surface area contributed by atoms with Crippen molar-refractivity contribution in [3.63, 3.8) is 0 Å². The van der Waals surface area contributed by atoms with Crippen LogP contribution in [0.3, 0.4) is 0 Å². The summed E-state index contributed by atoms with van der Waals surface area (Å²) in [5.41, 5.74) is -0.140. The first-order valence-corrected chi connectivity index (χ1v) is 7.16. The van der Waals surface area contributed by atoms with Crippen LogP contribution in [0.2, 0.25) is 5.15 Å². The molecule has 0 unspecified atom stereocenters. The van der Waals surface area contributed by atoms with Gasteiger partial charge in [-0.15, -0.1) is 0 Å². The molecule has 1 aromatic carbocycles. The van der Waals surface area contributed by atoms with Crippen molar-refractivity contribution in [2.75, 3.05) is 6.26 Å². The fraction of sp³-hybridized carbons (Fsp3) is 0.154. The molecule has 0 fully saturated rings. The number of rotatable bonds is 2. The lowest BCUT2D eigenvalue weighted by Gasteiger charge is -2.09. The highest BCUT2D eigenvalue weighted by Gasteiger charge is 2.30. The van der Waals surface area contributed by atoms with Gasteiger partial charge in [-0.25, -0.2) is 9.97 Å². The van der Waals surface area contributed by atoms with Gasteiger partial charge in [0, 0.05) is 5.56 Å². The molecule has 0 N–H and O–H groups in total. The van der Waals surface area contributed by atoms with Crippen LogP contribution >= 0.6 is 23.4 Å². The van der Waals surface area contributed by atoms with Crippen molar-refractivity contribution < 1.29 is 13.2 Å². The molecule has 0 aliphatic heterocycles. The molecule has 0 saturated heterocycles. The van der Waals surface area contributed by atoms with E-state index in [1.54, 1.807) is 6.26 Å². The standard InChI is InChI=1S/C13H7ClF3N3S/c1-21-12-19-10(9(6-18)11(14)20-12)7-2-4-8(5-3-7)13(15,16)17/h2-5H,1H3. The lowest BCUT2D eigenvalue weighted by Crippen LogP contribution is -2.04. The first-order valence-electron chi connectivity index (χ1n) is 5.56. The number of aromatic nitrogens is 2. The summed E-state index contributed by atoms with van der Waals surface area (Å²) in [5.74, 6) is 0. The molecule has 0 saturated carbocycles. The number of halogens is 4. The molecule has 0 aliphatic rings. The summed E-state index contributed by atoms with van der Waals surface area (Å²) in [6, 6.07) is 6.25. The van der Waals surface area contributed by atoms with Gasteiger partial charge in [-0.05, 0) is 18.4 Å². The molecule has 0 atom stereocenters. The average Bonchev–Trinajstić information content (AvgIpc) is 2.45. The topological polar surface area (TPSA) is 49.6 Å². The van der Waals surface area contributed by atoms with Crippen molar-refractivity contribution in [3.05, 3.63) is 40.5 Å². The van der Waals surface area contributed by atoms with Crippen LogP contribution in [-0.2, 0) is 6.18 Å². The molecule has 0 aliphatic carbocycles. The minimum absolute atomic E-state index is 0.0215. The number of hydrogen-bond acceptors (Lipinski definition) is 4. The van der Waals surface area contributed by atoms with Gasteiger partial charge in [-0.1, -0.05) is 35.5 Å². The molecule has 108 valence electrons. The molecule has 0 spiro atoms. The summed E-state index contributed by atoms with van der Waals surface area (Å²) in [7, 11) is 0. The van der Waals surface area contributed by atoms with Gasteiger partial charge in [0.25, 0.3) is 0 Å². The van der Waals surface area contributed by atoms with E-state index in [0.717, 1.165) is 12.1 Å². The second kappa shape index (κ2) is 5.92. The van der Waals surface area contributed by atoms with E-state index in [1.807, 2.05) is 6.07 Å². The van der Waals surface area contributed by atoms with Gasteiger partial charge >= 0.3 is 6.18 Å². The second-order valence-electron chi connectivity index (χ2n) is 3.91. The van der Waals surface area contributed by atoms with Crippen LogP contribution in [0.5, 0.6) is 0 Å². The van der Waals surface area contributed by atoms with Crippen LogP contribution in [0.25, 0.3) is 11.3 Å². The van der Waals surface area contributed by atoms with Crippen molar-refractivity contribution in [3.8, 4) is 17.3 Å². The number of alkyl halides is 3. The maximum absolute atomic E-state index is 12.5. The highest BCUT2D eigenvalue weighted by molar-refractivity contribution is 7.98. The third-order valence-corrected chi connectivity index (χ3v) is 3.45. The Morgan fingerprint density at radius 2 is 1.81 bits per heavy atom. The molecule has 1 heterocycles. The number of benzene rings is 1. The quantitative estimate of drug-likeness (QED) is 0.465. The van der Waals surface area contributed by atoms with Gasteiger partial charge in [-0.3, -0.25) is 0 Å². The van der Waals surface area contributed by atoms with Crippen LogP contribution in [0.1, 0.15) is 11.1 Å². The van der Waals surface area contributed by atoms with E-state index in [-0.39, 0.29) is 16.4 Å². The predicted molar refractivity (Wildman–Crippen MR) is 74.0 cm³/mol. The van der Waals surface area contributed by atoms with Gasteiger partial charge in [-0.2, -0.15) is 18.4 Å². The fourth-order valence-electron chi connectivity index (χ4n) is 1.63. The smallest absolute Gasteiger partial charge is 0.221 e. The van der Waals surface area contributed by atoms with Crippen molar-refractivity contribution in [2.45, 2.75) is 11.3 Å². The van der Waals surface area contributed by atoms with Gasteiger partial charge in [0.05, 0.1) is 11.3 Å². The van der Waals surface area contributed by atoms with E-state index in [1.165, 1.54) is 23.9 Å². The highest BCUT2D eigenvalue weighted by Crippen LogP contribution is 2.32. The first kappa shape index (κ1) is 15.6. The van der Waals surface area contributed by atoms with E-state index in [9.17, 15) is 13.2 Å². The predicted octanol–water partition coefficient (Wildman–Crippen LogP) is 4.41. The monoisotopic (exact) mass is 329 g/mol. The van der Waals surface area contributed by atoms with Crippen molar-refractivity contribution >= 4 is 23.4 Å². The lowest BCUT2D eigenvalue weighted by molar-refractivity contribution is -0.137. The van der Waals surface area contributed by atoms with Crippen LogP contribution in [-0.4, -0.2) is 16.2 Å². The van der Waals surface area contributed by atoms with E-state index < -0.39 is 11.7 Å². The second-order valence-corrected chi connectivity index (χ2v) is 5.04. The Labute approximate surface area is 127 Å². The Morgan fingerprint density at radius 1 is 1.19 bits per heavy atom. The number of nitriles is 1. The highest BCUT2D eigenvalue weighted by atomic mass is 35.5. The summed E-state index contributed by atoms with van der Waals surface area (Å²) in [6.45, 7) is 0. The summed E-state index contributed by atoms with van der Waals surface area (Å²) < 4.78 is 37.6. The van der Waals surface area contributed by atoms with Gasteiger partial charge in [0.15, 0.2) is 10.3 Å². The van der Waals surface area contributed by atoms with Gasteiger partial charge in [0.2, 0.25) is 0 Å². The zero-order chi connectivity index (χ0) is 15.6. The number of nitrogens with zero attached hydrogens (tertiary/aromatic N) is 3. The zero-order valence-corrected chi connectivity index (χ0v) is 12.1. The number of hydrogen-bond donors (Lipinski definition) is 0. The molecule has 0 radical (unpaired) electrons. The minimum atomic E-state index is -4.41. The van der Waals surface area contributed by atoms with Crippen molar-refractivity contribution in [2.24, 2.45) is 0 Å². The Bertz CT molecular complexity index is 708. The molecule has 2 rings (SSSR count). The van der Waals surface area contributed by atoms with Crippen LogP contribution in [0.15, 0.2) is 29.4 Å². The molecular formula is C13H7ClF3N3S. The molecular weight excluding hydrogens is 323 g/mol. The molecule has 0 bridgehead atoms. The van der Waals surface area contributed by atoms with Crippen LogP contribution < -0.4 is 0 Å². The Balaban J connectivity index is 2.56. The van der Waals surface area contributed by atoms with E-state index in [4.69, 9.17) is 16.9 Å². The number of thioether (sulfide) groups is 1. The lowest BCUT2D eigenvalue weighted by atomic mass is 10.1. The Hall–Kier alpha value is -1.78. The van der Waals surface area contributed by atoms with Gasteiger partial charge in [0.1, 0.15) is 11.6 Å². The molecule has 3 nitrogen and oxygen atoms in total. The van der Waals surface area contributed by atoms with Crippen LogP contribution in [0, 0.1) is 11.3 Å². The fourth-order valence-corrected chi connectivity index (χ4v) is 2.26. The van der Waals surface area contributed by atoms with E-state index in [2.05, 4.69) is 9.97 Å². The molecule has 8 heteroatoms. The summed E-state index contributed by atoms with van der Waals surface area (Å²) in [5, 5.41) is 9.43. The van der Waals surface area contributed by atoms with E-state index in [0.29, 0.717) is 10.7 Å². The molecule has 2 aromatic rings. The third kappa shape index (κ3) is 3.28. The largest absolute Gasteiger partial charge is 0.416 e. The van der Waals surface area contributed by atoms with Crippen molar-refractivity contribution in [1.82, 2.24) is 9.97 Å². The summed E-state index contributed by atoms with van der Waals surface area (Å²) in [6.07, 6.45) is -2.68. The SMILES string of the molecule is CSc1nc(Cl)c(C#N)c(-c2ccc(C(F)(F)F)cc2)n1. The Morgan fingerprint density at radius 3 is 2.29 bits per heavy atom. The summed E-state index contributed by atoms with van der Waals surface area (Å²) in [4.78, 5) is 8.07. The van der Waals surface area contributed by atoms with Crippen LogP contribution in [0.4, 0.5) is 13.2 Å². The van der Waals surface area contributed by atoms with Gasteiger partial charge < -0.3 is 0 Å². The molecule has 21 heavy (non-hydrogen) atoms. The average molecular weight is 330 g/mol. The first-order chi connectivity index (χ1) is 9.86. The maximum Gasteiger partial charge on any atom is 0.416 e. The normalized spacial score (nSPS) is 11.2. The maximum atomic E-state index is 12.5. The third-order valence-electron chi connectivity index (χ3n) is 2.62. The Kier molecular flexibility index (Phi) is 4.40. The molecule has 0 amide bonds. The minimum Gasteiger partial charge on any atom is -0.221 e. The zero-order valence-electron chi connectivity index (χ0n) is 10.6.